The second-order valence-electron chi connectivity index (χ2n) is 5.99. The summed E-state index contributed by atoms with van der Waals surface area (Å²) < 4.78 is 68.3. The minimum Gasteiger partial charge on any atom is -0.289 e. The van der Waals surface area contributed by atoms with Crippen LogP contribution in [0.15, 0.2) is 12.1 Å². The van der Waals surface area contributed by atoms with Crippen LogP contribution in [-0.4, -0.2) is 12.5 Å². The zero-order valence-corrected chi connectivity index (χ0v) is 13.4. The van der Waals surface area contributed by atoms with Crippen molar-refractivity contribution in [3.05, 3.63) is 34.9 Å². The molecule has 1 fully saturated rings. The third-order valence-electron chi connectivity index (χ3n) is 4.02. The summed E-state index contributed by atoms with van der Waals surface area (Å²) in [6.45, 7) is 1.92. The number of alkyl halides is 3. The van der Waals surface area contributed by atoms with Gasteiger partial charge in [-0.3, -0.25) is 4.74 Å². The Morgan fingerprint density at radius 1 is 1.08 bits per heavy atom. The molecule has 0 bridgehead atoms. The van der Waals surface area contributed by atoms with Crippen LogP contribution in [0.3, 0.4) is 0 Å². The van der Waals surface area contributed by atoms with Crippen molar-refractivity contribution in [3.63, 3.8) is 0 Å². The van der Waals surface area contributed by atoms with Crippen LogP contribution < -0.4 is 0 Å². The van der Waals surface area contributed by atoms with E-state index in [1.807, 2.05) is 6.92 Å². The van der Waals surface area contributed by atoms with Crippen molar-refractivity contribution in [2.24, 2.45) is 5.92 Å². The maximum Gasteiger partial charge on any atom is 0.522 e. The van der Waals surface area contributed by atoms with E-state index in [1.165, 1.54) is 12.1 Å². The van der Waals surface area contributed by atoms with Gasteiger partial charge in [0.2, 0.25) is 0 Å². The predicted molar refractivity (Wildman–Crippen MR) is 80.1 cm³/mol. The highest BCUT2D eigenvalue weighted by Gasteiger charge is 2.35. The smallest absolute Gasteiger partial charge is 0.289 e. The van der Waals surface area contributed by atoms with Crippen LogP contribution >= 0.6 is 0 Å². The maximum absolute atomic E-state index is 13.9. The Kier molecular flexibility index (Phi) is 6.22. The first-order chi connectivity index (χ1) is 11.3. The number of aryl methyl sites for hydroxylation is 1. The van der Waals surface area contributed by atoms with Gasteiger partial charge in [0, 0.05) is 5.92 Å². The van der Waals surface area contributed by atoms with Gasteiger partial charge >= 0.3 is 6.36 Å². The van der Waals surface area contributed by atoms with Crippen molar-refractivity contribution in [1.82, 2.24) is 0 Å². The predicted octanol–water partition coefficient (Wildman–Crippen LogP) is 5.36. The van der Waals surface area contributed by atoms with E-state index < -0.39 is 24.1 Å². The van der Waals surface area contributed by atoms with Crippen molar-refractivity contribution in [2.45, 2.75) is 57.9 Å². The van der Waals surface area contributed by atoms with E-state index in [1.54, 1.807) is 0 Å². The molecule has 0 amide bonds. The van der Waals surface area contributed by atoms with E-state index >= 15 is 0 Å². The number of halogens is 5. The van der Waals surface area contributed by atoms with Crippen molar-refractivity contribution in [2.75, 3.05) is 0 Å². The lowest BCUT2D eigenvalue weighted by molar-refractivity contribution is -0.345. The molecule has 1 saturated carbocycles. The topological polar surface area (TPSA) is 9.23 Å². The number of rotatable bonds is 3. The monoisotopic (exact) mass is 346 g/mol. The molecule has 0 saturated heterocycles. The Labute approximate surface area is 138 Å². The molecule has 0 aliphatic heterocycles. The van der Waals surface area contributed by atoms with Crippen LogP contribution in [0.1, 0.15) is 50.2 Å². The van der Waals surface area contributed by atoms with Gasteiger partial charge in [0.25, 0.3) is 0 Å². The summed E-state index contributed by atoms with van der Waals surface area (Å²) in [5.41, 5.74) is 0.311. The molecular weight excluding hydrogens is 327 g/mol. The third-order valence-corrected chi connectivity index (χ3v) is 4.02. The molecule has 0 atom stereocenters. The molecule has 1 aliphatic carbocycles. The summed E-state index contributed by atoms with van der Waals surface area (Å²) in [5, 5.41) is 0. The summed E-state index contributed by atoms with van der Waals surface area (Å²) >= 11 is 0. The Balaban J connectivity index is 1.99. The van der Waals surface area contributed by atoms with E-state index in [-0.39, 0.29) is 24.3 Å². The molecule has 0 spiro atoms. The highest BCUT2D eigenvalue weighted by Crippen LogP contribution is 2.30. The highest BCUT2D eigenvalue weighted by atomic mass is 19.4. The molecule has 1 aromatic rings. The number of ether oxygens (including phenoxy) is 1. The minimum atomic E-state index is -4.63. The lowest BCUT2D eigenvalue weighted by Gasteiger charge is -2.26. The Hall–Kier alpha value is -1.61. The van der Waals surface area contributed by atoms with E-state index in [0.29, 0.717) is 24.8 Å². The zero-order chi connectivity index (χ0) is 17.7. The highest BCUT2D eigenvalue weighted by molar-refractivity contribution is 5.39. The molecule has 0 unspecified atom stereocenters. The summed E-state index contributed by atoms with van der Waals surface area (Å²) in [5.74, 6) is 3.75. The van der Waals surface area contributed by atoms with Gasteiger partial charge in [-0.15, -0.1) is 13.2 Å². The number of benzene rings is 1. The molecule has 0 heterocycles. The van der Waals surface area contributed by atoms with E-state index in [9.17, 15) is 22.0 Å². The zero-order valence-electron chi connectivity index (χ0n) is 13.4. The number of hydrogen-bond donors (Lipinski definition) is 0. The van der Waals surface area contributed by atoms with Crippen LogP contribution in [0.25, 0.3) is 0 Å². The van der Waals surface area contributed by atoms with E-state index in [2.05, 4.69) is 16.6 Å². The third kappa shape index (κ3) is 5.48. The molecule has 1 aliphatic rings. The van der Waals surface area contributed by atoms with Gasteiger partial charge in [0.15, 0.2) is 0 Å². The Morgan fingerprint density at radius 2 is 1.67 bits per heavy atom. The quantitative estimate of drug-likeness (QED) is 0.528. The van der Waals surface area contributed by atoms with Gasteiger partial charge in [0.05, 0.1) is 11.7 Å². The molecular formula is C18H19F5O. The van der Waals surface area contributed by atoms with Gasteiger partial charge < -0.3 is 0 Å². The fraction of sp³-hybridized carbons (Fsp3) is 0.556. The summed E-state index contributed by atoms with van der Waals surface area (Å²) in [7, 11) is 0. The SMILES string of the molecule is CCCc1cc(F)c(C#C[C@H]2CC[C@H](OC(F)(F)F)CC2)c(F)c1. The summed E-state index contributed by atoms with van der Waals surface area (Å²) in [4.78, 5) is 0. The van der Waals surface area contributed by atoms with Crippen molar-refractivity contribution >= 4 is 0 Å². The number of hydrogen-bond acceptors (Lipinski definition) is 1. The molecule has 6 heteroatoms. The largest absolute Gasteiger partial charge is 0.522 e. The lowest BCUT2D eigenvalue weighted by atomic mass is 9.87. The second kappa shape index (κ2) is 7.98. The summed E-state index contributed by atoms with van der Waals surface area (Å²) in [6, 6.07) is 2.56. The average Bonchev–Trinajstić information content (AvgIpc) is 2.47. The molecule has 0 radical (unpaired) electrons. The van der Waals surface area contributed by atoms with Gasteiger partial charge in [-0.1, -0.05) is 25.2 Å². The molecule has 0 aromatic heterocycles. The van der Waals surface area contributed by atoms with Crippen LogP contribution in [-0.2, 0) is 11.2 Å². The van der Waals surface area contributed by atoms with Gasteiger partial charge in [-0.25, -0.2) is 8.78 Å². The molecule has 24 heavy (non-hydrogen) atoms. The Bertz CT molecular complexity index is 596. The second-order valence-corrected chi connectivity index (χ2v) is 5.99. The first-order valence-corrected chi connectivity index (χ1v) is 8.02. The minimum absolute atomic E-state index is 0.174. The van der Waals surface area contributed by atoms with Crippen LogP contribution in [0.2, 0.25) is 0 Å². The Morgan fingerprint density at radius 3 is 2.17 bits per heavy atom. The van der Waals surface area contributed by atoms with Crippen LogP contribution in [0.5, 0.6) is 0 Å². The first-order valence-electron chi connectivity index (χ1n) is 8.02. The van der Waals surface area contributed by atoms with Crippen LogP contribution in [0, 0.1) is 29.4 Å². The summed E-state index contributed by atoms with van der Waals surface area (Å²) in [6.07, 6.45) is -2.80. The van der Waals surface area contributed by atoms with E-state index in [0.717, 1.165) is 6.42 Å². The molecule has 1 aromatic carbocycles. The van der Waals surface area contributed by atoms with E-state index in [4.69, 9.17) is 0 Å². The normalized spacial score (nSPS) is 21.2. The molecule has 0 N–H and O–H groups in total. The van der Waals surface area contributed by atoms with Gasteiger partial charge in [0.1, 0.15) is 11.6 Å². The van der Waals surface area contributed by atoms with Crippen molar-refractivity contribution < 1.29 is 26.7 Å². The maximum atomic E-state index is 13.9. The standard InChI is InChI=1S/C18H19F5O/c1-2-3-13-10-16(19)15(17(20)11-13)9-6-12-4-7-14(8-5-12)24-18(21,22)23/h10-12,14H,2-5,7-8H2,1H3/t12-,14-. The van der Waals surface area contributed by atoms with Crippen LogP contribution in [0.4, 0.5) is 22.0 Å². The lowest BCUT2D eigenvalue weighted by Crippen LogP contribution is -2.27. The average molecular weight is 346 g/mol. The molecule has 1 nitrogen and oxygen atoms in total. The molecule has 132 valence electrons. The van der Waals surface area contributed by atoms with Crippen molar-refractivity contribution in [1.29, 1.82) is 0 Å². The fourth-order valence-corrected chi connectivity index (χ4v) is 2.87. The van der Waals surface area contributed by atoms with Crippen molar-refractivity contribution in [3.8, 4) is 11.8 Å². The molecule has 2 rings (SSSR count). The first kappa shape index (κ1) is 18.7. The van der Waals surface area contributed by atoms with Gasteiger partial charge in [-0.05, 0) is 49.8 Å². The fourth-order valence-electron chi connectivity index (χ4n) is 2.87. The van der Waals surface area contributed by atoms with Gasteiger partial charge in [-0.2, -0.15) is 0 Å².